The predicted molar refractivity (Wildman–Crippen MR) is 87.0 cm³/mol. The van der Waals surface area contributed by atoms with Crippen molar-refractivity contribution in [3.05, 3.63) is 0 Å². The quantitative estimate of drug-likeness (QED) is 0.168. The van der Waals surface area contributed by atoms with Crippen molar-refractivity contribution in [2.45, 2.75) is 50.2 Å². The smallest absolute Gasteiger partial charge is 0.326 e. The summed E-state index contributed by atoms with van der Waals surface area (Å²) in [6, 6.07) is -4.40. The molecule has 0 aromatic heterocycles. The zero-order chi connectivity index (χ0) is 21.1. The van der Waals surface area contributed by atoms with Crippen molar-refractivity contribution >= 4 is 35.6 Å². The van der Waals surface area contributed by atoms with E-state index in [1.54, 1.807) is 0 Å². The molecule has 0 aliphatic carbocycles. The van der Waals surface area contributed by atoms with Crippen LogP contribution in [0.3, 0.4) is 0 Å². The molecule has 152 valence electrons. The van der Waals surface area contributed by atoms with Crippen molar-refractivity contribution in [3.8, 4) is 0 Å². The van der Waals surface area contributed by atoms with Gasteiger partial charge in [-0.2, -0.15) is 0 Å². The second kappa shape index (κ2) is 11.4. The minimum absolute atomic E-state index is 0.387. The number of rotatable bonds is 13. The van der Waals surface area contributed by atoms with Crippen molar-refractivity contribution in [1.82, 2.24) is 10.6 Å². The van der Waals surface area contributed by atoms with Crippen LogP contribution in [0.5, 0.6) is 0 Å². The maximum absolute atomic E-state index is 12.2. The summed E-state index contributed by atoms with van der Waals surface area (Å²) >= 11 is 0. The van der Waals surface area contributed by atoms with Gasteiger partial charge in [-0.15, -0.1) is 0 Å². The minimum Gasteiger partial charge on any atom is -0.481 e. The van der Waals surface area contributed by atoms with E-state index in [1.165, 1.54) is 0 Å². The third-order valence-electron chi connectivity index (χ3n) is 3.30. The molecule has 0 rings (SSSR count). The maximum Gasteiger partial charge on any atom is 0.326 e. The number of carbonyl (C=O) groups excluding carboxylic acids is 3. The maximum atomic E-state index is 12.2. The van der Waals surface area contributed by atoms with Crippen LogP contribution in [0.2, 0.25) is 0 Å². The number of amides is 3. The molecule has 13 heteroatoms. The zero-order valence-electron chi connectivity index (χ0n) is 14.2. The fraction of sp³-hybridized carbons (Fsp3) is 0.571. The topological polar surface area (TPSA) is 239 Å². The van der Waals surface area contributed by atoms with Gasteiger partial charge in [0, 0.05) is 12.8 Å². The van der Waals surface area contributed by atoms with Gasteiger partial charge in [0.05, 0.1) is 12.5 Å². The highest BCUT2D eigenvalue weighted by atomic mass is 16.4. The van der Waals surface area contributed by atoms with Crippen molar-refractivity contribution in [2.24, 2.45) is 11.5 Å². The molecule has 0 saturated heterocycles. The average molecular weight is 390 g/mol. The van der Waals surface area contributed by atoms with E-state index in [4.69, 9.17) is 26.8 Å². The summed E-state index contributed by atoms with van der Waals surface area (Å²) < 4.78 is 0. The Morgan fingerprint density at radius 2 is 1.22 bits per heavy atom. The monoisotopic (exact) mass is 390 g/mol. The van der Waals surface area contributed by atoms with Gasteiger partial charge in [0.15, 0.2) is 0 Å². The number of carboxylic acids is 3. The second-order valence-corrected chi connectivity index (χ2v) is 5.60. The summed E-state index contributed by atoms with van der Waals surface area (Å²) in [5.41, 5.74) is 10.3. The lowest BCUT2D eigenvalue weighted by Gasteiger charge is -2.22. The number of nitrogens with two attached hydrogens (primary N) is 2. The van der Waals surface area contributed by atoms with Crippen molar-refractivity contribution < 1.29 is 44.1 Å². The summed E-state index contributed by atoms with van der Waals surface area (Å²) in [5.74, 6) is -6.92. The zero-order valence-corrected chi connectivity index (χ0v) is 14.2. The molecule has 13 nitrogen and oxygen atoms in total. The molecular formula is C14H22N4O9. The minimum atomic E-state index is -1.56. The second-order valence-electron chi connectivity index (χ2n) is 5.60. The van der Waals surface area contributed by atoms with Crippen LogP contribution in [0.15, 0.2) is 0 Å². The summed E-state index contributed by atoms with van der Waals surface area (Å²) in [4.78, 5) is 67.3. The number of primary amides is 1. The lowest BCUT2D eigenvalue weighted by molar-refractivity contribution is -0.144. The highest BCUT2D eigenvalue weighted by molar-refractivity contribution is 5.93. The number of nitrogens with one attached hydrogen (secondary N) is 2. The Morgan fingerprint density at radius 3 is 1.63 bits per heavy atom. The molecule has 9 N–H and O–H groups in total. The van der Waals surface area contributed by atoms with Gasteiger partial charge in [0.1, 0.15) is 12.1 Å². The third kappa shape index (κ3) is 10.4. The first-order chi connectivity index (χ1) is 12.4. The average Bonchev–Trinajstić information content (AvgIpc) is 2.53. The highest BCUT2D eigenvalue weighted by Crippen LogP contribution is 2.04. The lowest BCUT2D eigenvalue weighted by Crippen LogP contribution is -2.55. The number of hydrogen-bond acceptors (Lipinski definition) is 7. The van der Waals surface area contributed by atoms with Crippen molar-refractivity contribution in [3.63, 3.8) is 0 Å². The molecule has 3 unspecified atom stereocenters. The number of carbonyl (C=O) groups is 6. The first kappa shape index (κ1) is 23.8. The molecule has 27 heavy (non-hydrogen) atoms. The van der Waals surface area contributed by atoms with E-state index < -0.39 is 79.4 Å². The summed E-state index contributed by atoms with van der Waals surface area (Å²) in [6.45, 7) is 0. The molecule has 0 aromatic carbocycles. The first-order valence-corrected chi connectivity index (χ1v) is 7.75. The van der Waals surface area contributed by atoms with Gasteiger partial charge in [0.25, 0.3) is 0 Å². The SMILES string of the molecule is NC(=O)CC(N)C(=O)NC(CCC(=O)O)C(=O)NC(CCC(=O)O)C(=O)O. The van der Waals surface area contributed by atoms with Crippen LogP contribution >= 0.6 is 0 Å². The van der Waals surface area contributed by atoms with Crippen molar-refractivity contribution in [2.75, 3.05) is 0 Å². The molecule has 0 bridgehead atoms. The fourth-order valence-corrected chi connectivity index (χ4v) is 1.92. The van der Waals surface area contributed by atoms with Gasteiger partial charge >= 0.3 is 17.9 Å². The van der Waals surface area contributed by atoms with Gasteiger partial charge < -0.3 is 37.4 Å². The Balaban J connectivity index is 5.12. The standard InChI is InChI=1S/C14H22N4O9/c15-6(5-9(16)19)12(24)17-7(1-3-10(20)21)13(25)18-8(14(26)27)2-4-11(22)23/h6-8H,1-5,15H2,(H2,16,19)(H,17,24)(H,18,25)(H,20,21)(H,22,23)(H,26,27). The van der Waals surface area contributed by atoms with Crippen LogP contribution in [0.1, 0.15) is 32.1 Å². The van der Waals surface area contributed by atoms with E-state index in [9.17, 15) is 28.8 Å². The molecule has 0 aromatic rings. The Labute approximate surface area is 153 Å². The Bertz CT molecular complexity index is 607. The summed E-state index contributed by atoms with van der Waals surface area (Å²) in [6.07, 6.45) is -2.39. The van der Waals surface area contributed by atoms with E-state index >= 15 is 0 Å². The Kier molecular flexibility index (Phi) is 10.0. The van der Waals surface area contributed by atoms with Crippen LogP contribution in [-0.4, -0.2) is 69.1 Å². The Morgan fingerprint density at radius 1 is 0.778 bits per heavy atom. The molecule has 0 aliphatic heterocycles. The van der Waals surface area contributed by atoms with Gasteiger partial charge in [-0.25, -0.2) is 4.79 Å². The number of aliphatic carboxylic acids is 3. The molecule has 3 atom stereocenters. The van der Waals surface area contributed by atoms with Gasteiger partial charge in [-0.05, 0) is 12.8 Å². The predicted octanol–water partition coefficient (Wildman–Crippen LogP) is -3.03. The van der Waals surface area contributed by atoms with E-state index in [0.717, 1.165) is 0 Å². The van der Waals surface area contributed by atoms with E-state index in [1.807, 2.05) is 5.32 Å². The molecular weight excluding hydrogens is 368 g/mol. The van der Waals surface area contributed by atoms with E-state index in [2.05, 4.69) is 5.32 Å². The van der Waals surface area contributed by atoms with E-state index in [-0.39, 0.29) is 6.42 Å². The van der Waals surface area contributed by atoms with Gasteiger partial charge in [0.2, 0.25) is 17.7 Å². The summed E-state index contributed by atoms with van der Waals surface area (Å²) in [7, 11) is 0. The molecule has 3 amide bonds. The number of hydrogen-bond donors (Lipinski definition) is 7. The lowest BCUT2D eigenvalue weighted by atomic mass is 10.1. The first-order valence-electron chi connectivity index (χ1n) is 7.75. The molecule has 0 fully saturated rings. The molecule has 0 heterocycles. The normalized spacial score (nSPS) is 13.7. The van der Waals surface area contributed by atoms with Crippen LogP contribution < -0.4 is 22.1 Å². The van der Waals surface area contributed by atoms with Gasteiger partial charge in [-0.3, -0.25) is 24.0 Å². The third-order valence-corrected chi connectivity index (χ3v) is 3.30. The molecule has 0 saturated carbocycles. The van der Waals surface area contributed by atoms with Gasteiger partial charge in [-0.1, -0.05) is 0 Å². The molecule has 0 spiro atoms. The van der Waals surface area contributed by atoms with Crippen LogP contribution in [0.25, 0.3) is 0 Å². The fourth-order valence-electron chi connectivity index (χ4n) is 1.92. The van der Waals surface area contributed by atoms with Crippen molar-refractivity contribution in [1.29, 1.82) is 0 Å². The molecule has 0 radical (unpaired) electrons. The highest BCUT2D eigenvalue weighted by Gasteiger charge is 2.29. The van der Waals surface area contributed by atoms with Crippen LogP contribution in [-0.2, 0) is 28.8 Å². The largest absolute Gasteiger partial charge is 0.481 e. The van der Waals surface area contributed by atoms with E-state index in [0.29, 0.717) is 0 Å². The van der Waals surface area contributed by atoms with Crippen LogP contribution in [0, 0.1) is 0 Å². The number of carboxylic acid groups (broad SMARTS) is 3. The molecule has 0 aliphatic rings. The Hall–Kier alpha value is -3.22. The van der Waals surface area contributed by atoms with Crippen LogP contribution in [0.4, 0.5) is 0 Å². The summed E-state index contributed by atoms with van der Waals surface area (Å²) in [5, 5.41) is 30.5.